The maximum Gasteiger partial charge on any atom is 0.339 e. The molecule has 1 aromatic carbocycles. The Balaban J connectivity index is 1.92. The van der Waals surface area contributed by atoms with E-state index < -0.39 is 5.97 Å². The maximum absolute atomic E-state index is 12.4. The van der Waals surface area contributed by atoms with Crippen molar-refractivity contribution >= 4 is 11.9 Å². The largest absolute Gasteiger partial charge is 0.493 e. The molecule has 6 heteroatoms. The smallest absolute Gasteiger partial charge is 0.339 e. The molecule has 2 aromatic rings. The van der Waals surface area contributed by atoms with Crippen LogP contribution >= 0.6 is 0 Å². The third-order valence-electron chi connectivity index (χ3n) is 3.88. The van der Waals surface area contributed by atoms with Gasteiger partial charge in [0.2, 0.25) is 5.91 Å². The van der Waals surface area contributed by atoms with E-state index in [1.807, 2.05) is 24.3 Å². The van der Waals surface area contributed by atoms with E-state index in [0.29, 0.717) is 24.0 Å². The molecule has 1 N–H and O–H groups in total. The molecule has 0 saturated heterocycles. The molecule has 0 aliphatic heterocycles. The van der Waals surface area contributed by atoms with E-state index >= 15 is 0 Å². The van der Waals surface area contributed by atoms with Gasteiger partial charge in [0.25, 0.3) is 0 Å². The van der Waals surface area contributed by atoms with E-state index in [1.54, 1.807) is 14.0 Å². The highest BCUT2D eigenvalue weighted by molar-refractivity contribution is 5.88. The van der Waals surface area contributed by atoms with Gasteiger partial charge in [-0.2, -0.15) is 0 Å². The van der Waals surface area contributed by atoms with Crippen LogP contribution in [0.2, 0.25) is 0 Å². The van der Waals surface area contributed by atoms with Crippen LogP contribution in [0.25, 0.3) is 0 Å². The standard InChI is InChI=1S/C20H25NO5/c1-13(2)12-25-16-7-5-15(6-8-16)9-19(22)21(4)11-17-10-18(20(23)24)14(3)26-17/h5-8,10,13H,9,11-12H2,1-4H3,(H,23,24). The fourth-order valence-corrected chi connectivity index (χ4v) is 2.43. The van der Waals surface area contributed by atoms with Gasteiger partial charge in [0, 0.05) is 7.05 Å². The number of benzene rings is 1. The lowest BCUT2D eigenvalue weighted by Crippen LogP contribution is -2.27. The Morgan fingerprint density at radius 2 is 1.88 bits per heavy atom. The molecule has 0 radical (unpaired) electrons. The Bertz CT molecular complexity index is 761. The van der Waals surface area contributed by atoms with E-state index in [-0.39, 0.29) is 24.4 Å². The second-order valence-electron chi connectivity index (χ2n) is 6.76. The summed E-state index contributed by atoms with van der Waals surface area (Å²) in [7, 11) is 1.67. The van der Waals surface area contributed by atoms with E-state index in [2.05, 4.69) is 13.8 Å². The molecule has 1 heterocycles. The van der Waals surface area contributed by atoms with Crippen LogP contribution in [0.3, 0.4) is 0 Å². The number of rotatable bonds is 8. The summed E-state index contributed by atoms with van der Waals surface area (Å²) in [6.07, 6.45) is 0.256. The van der Waals surface area contributed by atoms with Crippen molar-refractivity contribution < 1.29 is 23.8 Å². The van der Waals surface area contributed by atoms with Crippen LogP contribution in [-0.4, -0.2) is 35.5 Å². The fourth-order valence-electron chi connectivity index (χ4n) is 2.43. The summed E-state index contributed by atoms with van der Waals surface area (Å²) < 4.78 is 11.0. The number of aryl methyl sites for hydroxylation is 1. The molecule has 0 bridgehead atoms. The Hall–Kier alpha value is -2.76. The van der Waals surface area contributed by atoms with Crippen LogP contribution in [-0.2, 0) is 17.8 Å². The molecule has 0 aliphatic carbocycles. The van der Waals surface area contributed by atoms with Crippen molar-refractivity contribution in [1.82, 2.24) is 4.90 Å². The van der Waals surface area contributed by atoms with Crippen molar-refractivity contribution in [3.8, 4) is 5.75 Å². The average molecular weight is 359 g/mol. The first-order valence-electron chi connectivity index (χ1n) is 8.54. The van der Waals surface area contributed by atoms with Crippen LogP contribution in [0.1, 0.15) is 41.3 Å². The normalized spacial score (nSPS) is 10.8. The summed E-state index contributed by atoms with van der Waals surface area (Å²) >= 11 is 0. The molecule has 26 heavy (non-hydrogen) atoms. The number of carboxylic acid groups (broad SMARTS) is 1. The van der Waals surface area contributed by atoms with Gasteiger partial charge in [-0.05, 0) is 36.6 Å². The van der Waals surface area contributed by atoms with Gasteiger partial charge in [0.05, 0.1) is 19.6 Å². The molecule has 2 rings (SSSR count). The van der Waals surface area contributed by atoms with Crippen molar-refractivity contribution in [2.45, 2.75) is 33.7 Å². The van der Waals surface area contributed by atoms with E-state index in [1.165, 1.54) is 11.0 Å². The van der Waals surface area contributed by atoms with Crippen LogP contribution in [0, 0.1) is 12.8 Å². The van der Waals surface area contributed by atoms with Gasteiger partial charge in [0.15, 0.2) is 0 Å². The second-order valence-corrected chi connectivity index (χ2v) is 6.76. The molecule has 0 saturated carbocycles. The van der Waals surface area contributed by atoms with Crippen molar-refractivity contribution in [2.75, 3.05) is 13.7 Å². The monoisotopic (exact) mass is 359 g/mol. The lowest BCUT2D eigenvalue weighted by atomic mass is 10.1. The maximum atomic E-state index is 12.4. The van der Waals surface area contributed by atoms with Gasteiger partial charge in [-0.25, -0.2) is 4.79 Å². The van der Waals surface area contributed by atoms with E-state index in [9.17, 15) is 9.59 Å². The fraction of sp³-hybridized carbons (Fsp3) is 0.400. The van der Waals surface area contributed by atoms with Crippen molar-refractivity contribution in [3.05, 3.63) is 53.0 Å². The lowest BCUT2D eigenvalue weighted by Gasteiger charge is -2.16. The molecule has 0 atom stereocenters. The quantitative estimate of drug-likeness (QED) is 0.780. The average Bonchev–Trinajstić information content (AvgIpc) is 2.94. The summed E-state index contributed by atoms with van der Waals surface area (Å²) in [5, 5.41) is 9.06. The first kappa shape index (κ1) is 19.6. The zero-order valence-electron chi connectivity index (χ0n) is 15.6. The number of furan rings is 1. The minimum absolute atomic E-state index is 0.0771. The molecular weight excluding hydrogens is 334 g/mol. The Labute approximate surface area is 153 Å². The van der Waals surface area contributed by atoms with Gasteiger partial charge >= 0.3 is 5.97 Å². The van der Waals surface area contributed by atoms with Crippen LogP contribution in [0.15, 0.2) is 34.7 Å². The van der Waals surface area contributed by atoms with Gasteiger partial charge in [0.1, 0.15) is 22.8 Å². The van der Waals surface area contributed by atoms with Crippen LogP contribution < -0.4 is 4.74 Å². The summed E-state index contributed by atoms with van der Waals surface area (Å²) in [5.41, 5.74) is 1.01. The highest BCUT2D eigenvalue weighted by atomic mass is 16.5. The number of carboxylic acids is 1. The van der Waals surface area contributed by atoms with Crippen molar-refractivity contribution in [3.63, 3.8) is 0 Å². The molecular formula is C20H25NO5. The summed E-state index contributed by atoms with van der Waals surface area (Å²) in [6, 6.07) is 8.93. The number of nitrogens with zero attached hydrogens (tertiary/aromatic N) is 1. The van der Waals surface area contributed by atoms with Crippen LogP contribution in [0.4, 0.5) is 0 Å². The molecule has 0 spiro atoms. The molecule has 6 nitrogen and oxygen atoms in total. The first-order valence-corrected chi connectivity index (χ1v) is 8.54. The van der Waals surface area contributed by atoms with E-state index in [0.717, 1.165) is 11.3 Å². The molecule has 0 fully saturated rings. The lowest BCUT2D eigenvalue weighted by molar-refractivity contribution is -0.129. The van der Waals surface area contributed by atoms with Crippen LogP contribution in [0.5, 0.6) is 5.75 Å². The van der Waals surface area contributed by atoms with Crippen molar-refractivity contribution in [2.24, 2.45) is 5.92 Å². The zero-order chi connectivity index (χ0) is 19.3. The Morgan fingerprint density at radius 1 is 1.23 bits per heavy atom. The third-order valence-corrected chi connectivity index (χ3v) is 3.88. The number of likely N-dealkylation sites (N-methyl/N-ethyl adjacent to an activating group) is 1. The first-order chi connectivity index (χ1) is 12.3. The highest BCUT2D eigenvalue weighted by Gasteiger charge is 2.17. The van der Waals surface area contributed by atoms with Crippen molar-refractivity contribution in [1.29, 1.82) is 0 Å². The topological polar surface area (TPSA) is 80.0 Å². The SMILES string of the molecule is Cc1oc(CN(C)C(=O)Cc2ccc(OCC(C)C)cc2)cc1C(=O)O. The third kappa shape index (κ3) is 5.37. The predicted octanol–water partition coefficient (Wildman–Crippen LogP) is 3.52. The Kier molecular flexibility index (Phi) is 6.44. The summed E-state index contributed by atoms with van der Waals surface area (Å²) in [6.45, 7) is 6.65. The molecule has 0 unspecified atom stereocenters. The van der Waals surface area contributed by atoms with E-state index in [4.69, 9.17) is 14.3 Å². The number of carbonyl (C=O) groups is 2. The minimum Gasteiger partial charge on any atom is -0.493 e. The second kappa shape index (κ2) is 8.56. The number of amides is 1. The van der Waals surface area contributed by atoms with Gasteiger partial charge in [-0.15, -0.1) is 0 Å². The highest BCUT2D eigenvalue weighted by Crippen LogP contribution is 2.17. The number of aromatic carboxylic acids is 1. The summed E-state index contributed by atoms with van der Waals surface area (Å²) in [4.78, 5) is 25.0. The van der Waals surface area contributed by atoms with Gasteiger partial charge < -0.3 is 19.2 Å². The number of ether oxygens (including phenoxy) is 1. The number of hydrogen-bond donors (Lipinski definition) is 1. The predicted molar refractivity (Wildman–Crippen MR) is 97.4 cm³/mol. The zero-order valence-corrected chi connectivity index (χ0v) is 15.6. The number of carbonyl (C=O) groups excluding carboxylic acids is 1. The minimum atomic E-state index is -1.04. The molecule has 140 valence electrons. The number of hydrogen-bond acceptors (Lipinski definition) is 4. The summed E-state index contributed by atoms with van der Waals surface area (Å²) in [5.74, 6) is 0.920. The molecule has 0 aliphatic rings. The Morgan fingerprint density at radius 3 is 2.42 bits per heavy atom. The molecule has 1 aromatic heterocycles. The molecule has 1 amide bonds. The van der Waals surface area contributed by atoms with Gasteiger partial charge in [-0.1, -0.05) is 26.0 Å². The van der Waals surface area contributed by atoms with Gasteiger partial charge in [-0.3, -0.25) is 4.79 Å².